The van der Waals surface area contributed by atoms with E-state index in [1.807, 2.05) is 24.3 Å². The van der Waals surface area contributed by atoms with E-state index in [9.17, 15) is 13.2 Å². The van der Waals surface area contributed by atoms with E-state index in [4.69, 9.17) is 9.47 Å². The molecule has 1 aromatic rings. The molecule has 1 atom stereocenters. The number of halogens is 3. The maximum Gasteiger partial charge on any atom is 0.415 e. The maximum atomic E-state index is 12.9. The first-order chi connectivity index (χ1) is 12.5. The van der Waals surface area contributed by atoms with E-state index < -0.39 is 12.3 Å². The molecule has 0 aromatic heterocycles. The third-order valence-electron chi connectivity index (χ3n) is 5.00. The van der Waals surface area contributed by atoms with Gasteiger partial charge in [0, 0.05) is 31.7 Å². The van der Waals surface area contributed by atoms with Crippen LogP contribution in [0.4, 0.5) is 13.2 Å². The van der Waals surface area contributed by atoms with Crippen molar-refractivity contribution in [3.63, 3.8) is 0 Å². The Balaban J connectivity index is 1.53. The van der Waals surface area contributed by atoms with Gasteiger partial charge in [-0.1, -0.05) is 24.6 Å². The highest BCUT2D eigenvalue weighted by molar-refractivity contribution is 5.33. The molecule has 0 aliphatic carbocycles. The summed E-state index contributed by atoms with van der Waals surface area (Å²) in [6.07, 6.45) is -2.23. The standard InChI is InChI=1S/C19H27F3N2O2/c20-19(21,22)18-15-24(11-13-26-18)14-16-6-2-3-7-17(16)25-12-10-23-8-4-1-5-9-23/h2-3,6-7,18H,1,4-5,8-15H2/t18-/m0/s1. The SMILES string of the molecule is FC(F)(F)[C@@H]1CN(Cc2ccccc2OCCN2CCCCC2)CCO1. The summed E-state index contributed by atoms with van der Waals surface area (Å²) in [6.45, 7) is 4.64. The number of morpholine rings is 1. The summed E-state index contributed by atoms with van der Waals surface area (Å²) in [5.41, 5.74) is 0.925. The van der Waals surface area contributed by atoms with E-state index in [1.165, 1.54) is 19.3 Å². The quantitative estimate of drug-likeness (QED) is 0.765. The largest absolute Gasteiger partial charge is 0.492 e. The average molecular weight is 372 g/mol. The van der Waals surface area contributed by atoms with Gasteiger partial charge in [0.15, 0.2) is 6.10 Å². The van der Waals surface area contributed by atoms with Gasteiger partial charge in [-0.2, -0.15) is 13.2 Å². The van der Waals surface area contributed by atoms with Crippen molar-refractivity contribution >= 4 is 0 Å². The zero-order valence-electron chi connectivity index (χ0n) is 15.0. The van der Waals surface area contributed by atoms with Crippen LogP contribution in [0.5, 0.6) is 5.75 Å². The Morgan fingerprint density at radius 3 is 2.58 bits per heavy atom. The fraction of sp³-hybridized carbons (Fsp3) is 0.684. The lowest BCUT2D eigenvalue weighted by atomic mass is 10.1. The highest BCUT2D eigenvalue weighted by Gasteiger charge is 2.43. The van der Waals surface area contributed by atoms with Gasteiger partial charge < -0.3 is 9.47 Å². The van der Waals surface area contributed by atoms with Crippen molar-refractivity contribution in [3.05, 3.63) is 29.8 Å². The molecule has 0 bridgehead atoms. The maximum absolute atomic E-state index is 12.9. The van der Waals surface area contributed by atoms with Crippen molar-refractivity contribution in [3.8, 4) is 5.75 Å². The predicted octanol–water partition coefficient (Wildman–Crippen LogP) is 3.31. The molecule has 0 spiro atoms. The van der Waals surface area contributed by atoms with Gasteiger partial charge in [0.1, 0.15) is 12.4 Å². The van der Waals surface area contributed by atoms with Crippen LogP contribution in [0.1, 0.15) is 24.8 Å². The van der Waals surface area contributed by atoms with Crippen molar-refractivity contribution in [2.45, 2.75) is 38.1 Å². The van der Waals surface area contributed by atoms with Crippen molar-refractivity contribution in [1.29, 1.82) is 0 Å². The van der Waals surface area contributed by atoms with Crippen LogP contribution >= 0.6 is 0 Å². The van der Waals surface area contributed by atoms with Crippen LogP contribution in [0.3, 0.4) is 0 Å². The summed E-state index contributed by atoms with van der Waals surface area (Å²) < 4.78 is 49.5. The molecule has 2 heterocycles. The summed E-state index contributed by atoms with van der Waals surface area (Å²) in [4.78, 5) is 4.19. The van der Waals surface area contributed by atoms with Crippen LogP contribution in [-0.2, 0) is 11.3 Å². The summed E-state index contributed by atoms with van der Waals surface area (Å²) >= 11 is 0. The number of benzene rings is 1. The summed E-state index contributed by atoms with van der Waals surface area (Å²) in [5.74, 6) is 0.763. The van der Waals surface area contributed by atoms with Crippen LogP contribution in [0.2, 0.25) is 0 Å². The molecule has 2 saturated heterocycles. The van der Waals surface area contributed by atoms with E-state index in [0.29, 0.717) is 19.7 Å². The number of alkyl halides is 3. The molecule has 2 fully saturated rings. The van der Waals surface area contributed by atoms with Crippen LogP contribution in [0, 0.1) is 0 Å². The molecule has 2 aliphatic rings. The molecule has 3 rings (SSSR count). The van der Waals surface area contributed by atoms with Gasteiger partial charge in [-0.15, -0.1) is 0 Å². The minimum atomic E-state index is -4.32. The van der Waals surface area contributed by atoms with Gasteiger partial charge in [0.05, 0.1) is 6.61 Å². The van der Waals surface area contributed by atoms with Gasteiger partial charge in [0.25, 0.3) is 0 Å². The first-order valence-corrected chi connectivity index (χ1v) is 9.36. The van der Waals surface area contributed by atoms with Gasteiger partial charge in [-0.25, -0.2) is 0 Å². The fourth-order valence-corrected chi connectivity index (χ4v) is 3.53. The second kappa shape index (κ2) is 9.06. The lowest BCUT2D eigenvalue weighted by molar-refractivity contribution is -0.237. The van der Waals surface area contributed by atoms with Crippen LogP contribution in [0.25, 0.3) is 0 Å². The molecule has 7 heteroatoms. The van der Waals surface area contributed by atoms with Gasteiger partial charge in [0.2, 0.25) is 0 Å². The smallest absolute Gasteiger partial charge is 0.415 e. The minimum absolute atomic E-state index is 0.0994. The van der Waals surface area contributed by atoms with Crippen molar-refractivity contribution in [2.75, 3.05) is 45.9 Å². The Kier molecular flexibility index (Phi) is 6.78. The van der Waals surface area contributed by atoms with Crippen molar-refractivity contribution < 1.29 is 22.6 Å². The zero-order valence-corrected chi connectivity index (χ0v) is 15.0. The summed E-state index contributed by atoms with van der Waals surface area (Å²) in [6, 6.07) is 7.62. The second-order valence-electron chi connectivity index (χ2n) is 6.99. The Labute approximate surface area is 152 Å². The fourth-order valence-electron chi connectivity index (χ4n) is 3.53. The predicted molar refractivity (Wildman–Crippen MR) is 93.3 cm³/mol. The molecule has 4 nitrogen and oxygen atoms in total. The Morgan fingerprint density at radius 1 is 1.04 bits per heavy atom. The Bertz CT molecular complexity index is 562. The van der Waals surface area contributed by atoms with Gasteiger partial charge >= 0.3 is 6.18 Å². The lowest BCUT2D eigenvalue weighted by Gasteiger charge is -2.34. The van der Waals surface area contributed by atoms with E-state index in [1.54, 1.807) is 4.90 Å². The lowest BCUT2D eigenvalue weighted by Crippen LogP contribution is -2.48. The highest BCUT2D eigenvalue weighted by atomic mass is 19.4. The summed E-state index contributed by atoms with van der Waals surface area (Å²) in [5, 5.41) is 0. The first kappa shape index (κ1) is 19.5. The van der Waals surface area contributed by atoms with Crippen LogP contribution in [-0.4, -0.2) is 68.0 Å². The number of hydrogen-bond donors (Lipinski definition) is 0. The van der Waals surface area contributed by atoms with E-state index in [0.717, 1.165) is 30.9 Å². The molecular formula is C19H27F3N2O2. The Hall–Kier alpha value is -1.31. The van der Waals surface area contributed by atoms with Crippen molar-refractivity contribution in [1.82, 2.24) is 9.80 Å². The number of likely N-dealkylation sites (tertiary alicyclic amines) is 1. The van der Waals surface area contributed by atoms with Crippen LogP contribution < -0.4 is 4.74 Å². The Morgan fingerprint density at radius 2 is 1.81 bits per heavy atom. The zero-order chi connectivity index (χ0) is 18.4. The van der Waals surface area contributed by atoms with E-state index >= 15 is 0 Å². The number of ether oxygens (including phenoxy) is 2. The highest BCUT2D eigenvalue weighted by Crippen LogP contribution is 2.27. The first-order valence-electron chi connectivity index (χ1n) is 9.36. The third-order valence-corrected chi connectivity index (χ3v) is 5.00. The van der Waals surface area contributed by atoms with Crippen molar-refractivity contribution in [2.24, 2.45) is 0 Å². The van der Waals surface area contributed by atoms with Gasteiger partial charge in [-0.3, -0.25) is 9.80 Å². The number of piperidine rings is 1. The van der Waals surface area contributed by atoms with Gasteiger partial charge in [-0.05, 0) is 32.0 Å². The topological polar surface area (TPSA) is 24.9 Å². The second-order valence-corrected chi connectivity index (χ2v) is 6.99. The monoisotopic (exact) mass is 372 g/mol. The molecule has 0 amide bonds. The molecule has 26 heavy (non-hydrogen) atoms. The summed E-state index contributed by atoms with van der Waals surface area (Å²) in [7, 11) is 0. The van der Waals surface area contributed by atoms with E-state index in [-0.39, 0.29) is 13.2 Å². The molecule has 2 aliphatic heterocycles. The molecule has 0 unspecified atom stereocenters. The number of hydrogen-bond acceptors (Lipinski definition) is 4. The van der Waals surface area contributed by atoms with Crippen LogP contribution in [0.15, 0.2) is 24.3 Å². The average Bonchev–Trinajstić information content (AvgIpc) is 2.64. The molecular weight excluding hydrogens is 345 g/mol. The number of rotatable bonds is 6. The molecule has 1 aromatic carbocycles. The molecule has 0 N–H and O–H groups in total. The number of para-hydroxylation sites is 1. The number of nitrogens with zero attached hydrogens (tertiary/aromatic N) is 2. The normalized spacial score (nSPS) is 23.1. The molecule has 0 saturated carbocycles. The minimum Gasteiger partial charge on any atom is -0.492 e. The molecule has 146 valence electrons. The molecule has 0 radical (unpaired) electrons. The van der Waals surface area contributed by atoms with E-state index in [2.05, 4.69) is 4.90 Å². The third kappa shape index (κ3) is 5.59.